The highest BCUT2D eigenvalue weighted by atomic mass is 19.1. The van der Waals surface area contributed by atoms with E-state index < -0.39 is 6.03 Å². The highest BCUT2D eigenvalue weighted by Gasteiger charge is 2.20. The van der Waals surface area contributed by atoms with Gasteiger partial charge in [0, 0.05) is 25.7 Å². The molecule has 0 aliphatic heterocycles. The van der Waals surface area contributed by atoms with Crippen molar-refractivity contribution in [2.45, 2.75) is 40.3 Å². The zero-order valence-corrected chi connectivity index (χ0v) is 22.3. The molecule has 11 heteroatoms. The largest absolute Gasteiger partial charge is 0.506 e. The molecular weight excluding hydrogens is 487 g/mol. The van der Waals surface area contributed by atoms with Crippen molar-refractivity contribution in [1.82, 2.24) is 20.9 Å². The van der Waals surface area contributed by atoms with Crippen molar-refractivity contribution in [3.63, 3.8) is 0 Å². The summed E-state index contributed by atoms with van der Waals surface area (Å²) in [6, 6.07) is 3.87. The lowest BCUT2D eigenvalue weighted by atomic mass is 10.0. The molecule has 0 radical (unpaired) electrons. The Kier molecular flexibility index (Phi) is 11.1. The van der Waals surface area contributed by atoms with Gasteiger partial charge in [-0.05, 0) is 62.7 Å². The van der Waals surface area contributed by atoms with Crippen LogP contribution in [0.2, 0.25) is 0 Å². The first-order chi connectivity index (χ1) is 18.1. The van der Waals surface area contributed by atoms with Crippen LogP contribution in [0.15, 0.2) is 81.2 Å². The number of carbonyl (C=O) groups is 1. The van der Waals surface area contributed by atoms with Gasteiger partial charge in [0.2, 0.25) is 5.96 Å². The molecule has 1 aromatic rings. The van der Waals surface area contributed by atoms with Gasteiger partial charge in [0.15, 0.2) is 0 Å². The molecule has 0 aromatic heterocycles. The van der Waals surface area contributed by atoms with Crippen LogP contribution in [-0.2, 0) is 6.54 Å². The SMILES string of the molecule is C=CN/C(=N\C(=O)N(CC(=N)/N=C\NC)Cc1ccc(F)c(C)c1)NC1=CC(=C/C)/C(=N\C(C)C)C=C1O. The number of aliphatic hydroxyl groups excluding tert-OH is 1. The number of aliphatic hydroxyl groups is 1. The number of nitrogens with one attached hydrogen (secondary N) is 4. The standard InChI is InChI=1S/C27H35FN8O2/c1-7-20-12-23(24(37)13-22(20)33-17(3)4)34-26(31-8-2)35-27(38)36(15-25(29)32-16-30-6)14-19-9-10-21(28)18(5)11-19/h7-13,16-17,37H,2,14-15H2,1,3-6H3,(H2,29,30,32)(H2,31,34,35,38)/b20-7-,33-22-. The lowest BCUT2D eigenvalue weighted by Gasteiger charge is -2.22. The predicted octanol–water partition coefficient (Wildman–Crippen LogP) is 4.09. The Morgan fingerprint density at radius 3 is 2.66 bits per heavy atom. The fraction of sp³-hybridized carbons (Fsp3) is 0.296. The predicted molar refractivity (Wildman–Crippen MR) is 151 cm³/mol. The van der Waals surface area contributed by atoms with E-state index >= 15 is 0 Å². The van der Waals surface area contributed by atoms with E-state index in [1.54, 1.807) is 32.2 Å². The average Bonchev–Trinajstić information content (AvgIpc) is 2.85. The number of benzene rings is 1. The number of aryl methyl sites for hydroxylation is 1. The first-order valence-electron chi connectivity index (χ1n) is 12.0. The smallest absolute Gasteiger partial charge is 0.347 e. The van der Waals surface area contributed by atoms with Gasteiger partial charge in [-0.3, -0.25) is 10.4 Å². The first kappa shape index (κ1) is 29.7. The molecule has 1 aromatic carbocycles. The summed E-state index contributed by atoms with van der Waals surface area (Å²) in [4.78, 5) is 27.1. The minimum Gasteiger partial charge on any atom is -0.506 e. The van der Waals surface area contributed by atoms with E-state index in [4.69, 9.17) is 5.41 Å². The molecule has 0 saturated heterocycles. The van der Waals surface area contributed by atoms with Crippen molar-refractivity contribution in [3.05, 3.63) is 83.2 Å². The molecule has 0 bridgehead atoms. The number of rotatable bonds is 8. The van der Waals surface area contributed by atoms with Crippen LogP contribution in [0.5, 0.6) is 0 Å². The summed E-state index contributed by atoms with van der Waals surface area (Å²) in [5, 5.41) is 27.1. The number of allylic oxidation sites excluding steroid dienone is 4. The number of nitrogens with zero attached hydrogens (tertiary/aromatic N) is 4. The first-order valence-corrected chi connectivity index (χ1v) is 12.0. The molecule has 0 heterocycles. The van der Waals surface area contributed by atoms with Gasteiger partial charge >= 0.3 is 6.03 Å². The number of carbonyl (C=O) groups excluding carboxylic acids is 1. The molecule has 0 unspecified atom stereocenters. The molecule has 10 nitrogen and oxygen atoms in total. The minimum absolute atomic E-state index is 0.00134. The van der Waals surface area contributed by atoms with Crippen LogP contribution in [-0.4, -0.2) is 59.5 Å². The Labute approximate surface area is 222 Å². The van der Waals surface area contributed by atoms with Crippen molar-refractivity contribution in [1.29, 1.82) is 5.41 Å². The number of hydrogen-bond donors (Lipinski definition) is 5. The Morgan fingerprint density at radius 1 is 1.32 bits per heavy atom. The highest BCUT2D eigenvalue weighted by molar-refractivity contribution is 6.12. The molecule has 2 amide bonds. The Morgan fingerprint density at radius 2 is 2.05 bits per heavy atom. The van der Waals surface area contributed by atoms with Crippen LogP contribution in [0.3, 0.4) is 0 Å². The van der Waals surface area contributed by atoms with E-state index in [-0.39, 0.29) is 42.5 Å². The van der Waals surface area contributed by atoms with Gasteiger partial charge in [0.25, 0.3) is 0 Å². The molecule has 1 aliphatic rings. The maximum absolute atomic E-state index is 13.8. The number of halogens is 1. The van der Waals surface area contributed by atoms with Crippen molar-refractivity contribution in [2.24, 2.45) is 15.0 Å². The van der Waals surface area contributed by atoms with E-state index in [0.29, 0.717) is 22.5 Å². The summed E-state index contributed by atoms with van der Waals surface area (Å²) in [5.41, 5.74) is 2.82. The molecular formula is C27H35FN8O2. The third-order valence-corrected chi connectivity index (χ3v) is 5.11. The second kappa shape index (κ2) is 14.3. The summed E-state index contributed by atoms with van der Waals surface area (Å²) in [6.45, 7) is 10.9. The van der Waals surface area contributed by atoms with Gasteiger partial charge in [0.1, 0.15) is 17.4 Å². The quantitative estimate of drug-likeness (QED) is 0.259. The van der Waals surface area contributed by atoms with Crippen LogP contribution >= 0.6 is 0 Å². The second-order valence-corrected chi connectivity index (χ2v) is 8.59. The molecule has 0 spiro atoms. The third-order valence-electron chi connectivity index (χ3n) is 5.11. The number of hydrogen-bond acceptors (Lipinski definition) is 4. The summed E-state index contributed by atoms with van der Waals surface area (Å²) in [7, 11) is 1.64. The monoisotopic (exact) mass is 522 g/mol. The maximum Gasteiger partial charge on any atom is 0.347 e. The van der Waals surface area contributed by atoms with Crippen LogP contribution in [0.1, 0.15) is 31.9 Å². The van der Waals surface area contributed by atoms with Crippen molar-refractivity contribution >= 4 is 29.9 Å². The van der Waals surface area contributed by atoms with Gasteiger partial charge in [-0.15, -0.1) is 0 Å². The van der Waals surface area contributed by atoms with Gasteiger partial charge in [-0.2, -0.15) is 4.99 Å². The fourth-order valence-corrected chi connectivity index (χ4v) is 3.38. The molecule has 1 aliphatic carbocycles. The van der Waals surface area contributed by atoms with Crippen LogP contribution in [0.25, 0.3) is 0 Å². The van der Waals surface area contributed by atoms with Gasteiger partial charge in [-0.1, -0.05) is 24.8 Å². The average molecular weight is 523 g/mol. The number of aliphatic imine (C=N–C) groups is 3. The maximum atomic E-state index is 13.8. The number of guanidine groups is 1. The third kappa shape index (κ3) is 8.84. The Balaban J connectivity index is 2.37. The van der Waals surface area contributed by atoms with E-state index in [9.17, 15) is 14.3 Å². The fourth-order valence-electron chi connectivity index (χ4n) is 3.38. The molecule has 0 saturated carbocycles. The molecule has 5 N–H and O–H groups in total. The van der Waals surface area contributed by atoms with Crippen molar-refractivity contribution in [2.75, 3.05) is 13.6 Å². The molecule has 0 atom stereocenters. The second-order valence-electron chi connectivity index (χ2n) is 8.59. The zero-order chi connectivity index (χ0) is 28.2. The summed E-state index contributed by atoms with van der Waals surface area (Å²) in [5.74, 6) is -0.518. The Bertz CT molecular complexity index is 1240. The van der Waals surface area contributed by atoms with Crippen molar-refractivity contribution in [3.8, 4) is 0 Å². The summed E-state index contributed by atoms with van der Waals surface area (Å²) < 4.78 is 13.8. The van der Waals surface area contributed by atoms with Gasteiger partial charge < -0.3 is 26.0 Å². The van der Waals surface area contributed by atoms with E-state index in [1.807, 2.05) is 26.8 Å². The molecule has 0 fully saturated rings. The molecule has 2 rings (SSSR count). The van der Waals surface area contributed by atoms with Crippen LogP contribution in [0, 0.1) is 18.2 Å². The number of amides is 2. The van der Waals surface area contributed by atoms with Crippen LogP contribution in [0.4, 0.5) is 9.18 Å². The van der Waals surface area contributed by atoms with Crippen LogP contribution < -0.4 is 16.0 Å². The van der Waals surface area contributed by atoms with Crippen molar-refractivity contribution < 1.29 is 14.3 Å². The summed E-state index contributed by atoms with van der Waals surface area (Å²) in [6.07, 6.45) is 7.76. The van der Waals surface area contributed by atoms with E-state index in [0.717, 1.165) is 5.57 Å². The van der Waals surface area contributed by atoms with Gasteiger partial charge in [-0.25, -0.2) is 14.2 Å². The summed E-state index contributed by atoms with van der Waals surface area (Å²) >= 11 is 0. The van der Waals surface area contributed by atoms with E-state index in [1.165, 1.54) is 29.6 Å². The Hall–Kier alpha value is -4.54. The molecule has 38 heavy (non-hydrogen) atoms. The van der Waals surface area contributed by atoms with E-state index in [2.05, 4.69) is 37.5 Å². The topological polar surface area (TPSA) is 138 Å². The lowest BCUT2D eigenvalue weighted by Crippen LogP contribution is -2.39. The van der Waals surface area contributed by atoms with Gasteiger partial charge in [0.05, 0.1) is 24.3 Å². The normalized spacial score (nSPS) is 15.9. The minimum atomic E-state index is -0.693. The number of urea groups is 1. The zero-order valence-electron chi connectivity index (χ0n) is 22.3. The lowest BCUT2D eigenvalue weighted by molar-refractivity contribution is 0.212. The molecule has 202 valence electrons. The highest BCUT2D eigenvalue weighted by Crippen LogP contribution is 2.19. The number of amidine groups is 1.